The fourth-order valence-corrected chi connectivity index (χ4v) is 3.23. The predicted octanol–water partition coefficient (Wildman–Crippen LogP) is 0.922. The van der Waals surface area contributed by atoms with Crippen molar-refractivity contribution in [3.8, 4) is 5.75 Å². The maximum Gasteiger partial charge on any atom is 0.255 e. The number of rotatable bonds is 10. The van der Waals surface area contributed by atoms with Crippen molar-refractivity contribution in [2.45, 2.75) is 39.2 Å². The van der Waals surface area contributed by atoms with Gasteiger partial charge in [-0.05, 0) is 38.3 Å². The third-order valence-corrected chi connectivity index (χ3v) is 4.73. The molecule has 3 amide bonds. The number of carbonyl (C=O) groups excluding carboxylic acids is 3. The Bertz CT molecular complexity index is 687. The van der Waals surface area contributed by atoms with Gasteiger partial charge < -0.3 is 20.7 Å². The normalized spacial score (nSPS) is 14.8. The first kappa shape index (κ1) is 22.7. The highest BCUT2D eigenvalue weighted by Crippen LogP contribution is 2.17. The first-order chi connectivity index (χ1) is 14.0. The SMILES string of the molecule is CCCNC(=O)CN1CCC(NC(=O)CNC(=O)c2ccccc2OCC)CC1. The number of para-hydroxylation sites is 1. The molecule has 0 radical (unpaired) electrons. The van der Waals surface area contributed by atoms with E-state index in [4.69, 9.17) is 4.74 Å². The van der Waals surface area contributed by atoms with Crippen LogP contribution >= 0.6 is 0 Å². The largest absolute Gasteiger partial charge is 0.493 e. The van der Waals surface area contributed by atoms with Gasteiger partial charge in [0.05, 0.1) is 25.3 Å². The number of amides is 3. The number of piperidine rings is 1. The number of nitrogens with one attached hydrogen (secondary N) is 3. The van der Waals surface area contributed by atoms with Crippen LogP contribution in [0.3, 0.4) is 0 Å². The van der Waals surface area contributed by atoms with E-state index in [1.54, 1.807) is 24.3 Å². The van der Waals surface area contributed by atoms with Crippen LogP contribution in [0, 0.1) is 0 Å². The molecule has 3 N–H and O–H groups in total. The van der Waals surface area contributed by atoms with E-state index in [1.165, 1.54) is 0 Å². The number of likely N-dealkylation sites (tertiary alicyclic amines) is 1. The molecule has 0 aliphatic carbocycles. The second kappa shape index (κ2) is 12.1. The average Bonchev–Trinajstić information content (AvgIpc) is 2.72. The van der Waals surface area contributed by atoms with Crippen molar-refractivity contribution in [3.63, 3.8) is 0 Å². The van der Waals surface area contributed by atoms with Gasteiger partial charge in [-0.1, -0.05) is 19.1 Å². The summed E-state index contributed by atoms with van der Waals surface area (Å²) in [5.74, 6) is -0.00359. The quantitative estimate of drug-likeness (QED) is 0.539. The Hall–Kier alpha value is -2.61. The Kier molecular flexibility index (Phi) is 9.43. The maximum absolute atomic E-state index is 12.3. The van der Waals surface area contributed by atoms with Gasteiger partial charge in [0, 0.05) is 25.7 Å². The standard InChI is InChI=1S/C21H32N4O4/c1-3-11-22-20(27)15-25-12-9-16(10-13-25)24-19(26)14-23-21(28)17-7-5-6-8-18(17)29-4-2/h5-8,16H,3-4,9-15H2,1-2H3,(H,22,27)(H,23,28)(H,24,26). The minimum Gasteiger partial charge on any atom is -0.493 e. The van der Waals surface area contributed by atoms with E-state index in [2.05, 4.69) is 20.9 Å². The van der Waals surface area contributed by atoms with Crippen LogP contribution in [0.5, 0.6) is 5.75 Å². The van der Waals surface area contributed by atoms with E-state index in [-0.39, 0.29) is 30.3 Å². The zero-order valence-corrected chi connectivity index (χ0v) is 17.3. The van der Waals surface area contributed by atoms with Crippen molar-refractivity contribution < 1.29 is 19.1 Å². The number of carbonyl (C=O) groups is 3. The van der Waals surface area contributed by atoms with E-state index < -0.39 is 0 Å². The molecule has 0 spiro atoms. The maximum atomic E-state index is 12.3. The highest BCUT2D eigenvalue weighted by Gasteiger charge is 2.22. The summed E-state index contributed by atoms with van der Waals surface area (Å²) in [6, 6.07) is 7.02. The molecule has 1 heterocycles. The van der Waals surface area contributed by atoms with E-state index in [1.807, 2.05) is 13.8 Å². The summed E-state index contributed by atoms with van der Waals surface area (Å²) in [5, 5.41) is 8.48. The van der Waals surface area contributed by atoms with Crippen molar-refractivity contribution in [1.29, 1.82) is 0 Å². The Morgan fingerprint density at radius 1 is 1.07 bits per heavy atom. The third-order valence-electron chi connectivity index (χ3n) is 4.73. The van der Waals surface area contributed by atoms with Gasteiger partial charge >= 0.3 is 0 Å². The lowest BCUT2D eigenvalue weighted by Crippen LogP contribution is -2.49. The zero-order chi connectivity index (χ0) is 21.1. The fraction of sp³-hybridized carbons (Fsp3) is 0.571. The number of nitrogens with zero attached hydrogens (tertiary/aromatic N) is 1. The predicted molar refractivity (Wildman–Crippen MR) is 111 cm³/mol. The number of hydrogen-bond acceptors (Lipinski definition) is 5. The van der Waals surface area contributed by atoms with Crippen LogP contribution in [0.25, 0.3) is 0 Å². The summed E-state index contributed by atoms with van der Waals surface area (Å²) in [7, 11) is 0. The van der Waals surface area contributed by atoms with Gasteiger partial charge in [0.25, 0.3) is 5.91 Å². The Morgan fingerprint density at radius 2 is 1.79 bits per heavy atom. The van der Waals surface area contributed by atoms with Gasteiger partial charge in [-0.2, -0.15) is 0 Å². The lowest BCUT2D eigenvalue weighted by molar-refractivity contribution is -0.123. The molecule has 1 saturated heterocycles. The van der Waals surface area contributed by atoms with E-state index in [9.17, 15) is 14.4 Å². The molecule has 1 aliphatic rings. The molecule has 8 nitrogen and oxygen atoms in total. The van der Waals surface area contributed by atoms with Gasteiger partial charge in [-0.3, -0.25) is 19.3 Å². The van der Waals surface area contributed by atoms with Gasteiger partial charge in [0.1, 0.15) is 5.75 Å². The fourth-order valence-electron chi connectivity index (χ4n) is 3.23. The van der Waals surface area contributed by atoms with Crippen LogP contribution in [-0.4, -0.2) is 68.0 Å². The van der Waals surface area contributed by atoms with Crippen LogP contribution in [0.1, 0.15) is 43.5 Å². The van der Waals surface area contributed by atoms with Crippen molar-refractivity contribution in [2.75, 3.05) is 39.3 Å². The van der Waals surface area contributed by atoms with Crippen LogP contribution < -0.4 is 20.7 Å². The van der Waals surface area contributed by atoms with E-state index >= 15 is 0 Å². The Labute approximate surface area is 172 Å². The molecule has 0 saturated carbocycles. The molecule has 1 fully saturated rings. The highest BCUT2D eigenvalue weighted by atomic mass is 16.5. The molecule has 0 unspecified atom stereocenters. The summed E-state index contributed by atoms with van der Waals surface area (Å²) in [6.45, 7) is 6.88. The first-order valence-electron chi connectivity index (χ1n) is 10.3. The summed E-state index contributed by atoms with van der Waals surface area (Å²) in [4.78, 5) is 38.4. The topological polar surface area (TPSA) is 99.8 Å². The first-order valence-corrected chi connectivity index (χ1v) is 10.3. The van der Waals surface area contributed by atoms with Crippen molar-refractivity contribution in [3.05, 3.63) is 29.8 Å². The number of benzene rings is 1. The molecular formula is C21H32N4O4. The molecule has 8 heteroatoms. The van der Waals surface area contributed by atoms with Crippen molar-refractivity contribution >= 4 is 17.7 Å². The van der Waals surface area contributed by atoms with Gasteiger partial charge in [-0.25, -0.2) is 0 Å². The third kappa shape index (κ3) is 7.73. The van der Waals surface area contributed by atoms with Crippen molar-refractivity contribution in [2.24, 2.45) is 0 Å². The minimum atomic E-state index is -0.336. The summed E-state index contributed by atoms with van der Waals surface area (Å²) < 4.78 is 5.45. The molecule has 0 bridgehead atoms. The molecule has 160 valence electrons. The van der Waals surface area contributed by atoms with Crippen LogP contribution in [0.15, 0.2) is 24.3 Å². The van der Waals surface area contributed by atoms with Gasteiger partial charge in [0.15, 0.2) is 0 Å². The smallest absolute Gasteiger partial charge is 0.255 e. The molecule has 1 aromatic rings. The Balaban J connectivity index is 1.70. The molecule has 1 aromatic carbocycles. The summed E-state index contributed by atoms with van der Waals surface area (Å²) >= 11 is 0. The molecular weight excluding hydrogens is 372 g/mol. The lowest BCUT2D eigenvalue weighted by atomic mass is 10.0. The molecule has 29 heavy (non-hydrogen) atoms. The van der Waals surface area contributed by atoms with Gasteiger partial charge in [-0.15, -0.1) is 0 Å². The summed E-state index contributed by atoms with van der Waals surface area (Å²) in [6.07, 6.45) is 2.50. The van der Waals surface area contributed by atoms with Gasteiger partial charge in [0.2, 0.25) is 11.8 Å². The molecule has 2 rings (SSSR count). The monoisotopic (exact) mass is 404 g/mol. The molecule has 1 aliphatic heterocycles. The minimum absolute atomic E-state index is 0.0457. The van der Waals surface area contributed by atoms with Crippen LogP contribution in [-0.2, 0) is 9.59 Å². The zero-order valence-electron chi connectivity index (χ0n) is 17.3. The Morgan fingerprint density at radius 3 is 2.48 bits per heavy atom. The van der Waals surface area contributed by atoms with E-state index in [0.29, 0.717) is 31.0 Å². The average molecular weight is 405 g/mol. The second-order valence-electron chi connectivity index (χ2n) is 7.08. The number of ether oxygens (including phenoxy) is 1. The van der Waals surface area contributed by atoms with Crippen LogP contribution in [0.4, 0.5) is 0 Å². The van der Waals surface area contributed by atoms with E-state index in [0.717, 1.165) is 32.4 Å². The highest BCUT2D eigenvalue weighted by molar-refractivity contribution is 5.98. The van der Waals surface area contributed by atoms with Crippen LogP contribution in [0.2, 0.25) is 0 Å². The molecule has 0 aromatic heterocycles. The van der Waals surface area contributed by atoms with Crippen molar-refractivity contribution in [1.82, 2.24) is 20.9 Å². The molecule has 0 atom stereocenters. The lowest BCUT2D eigenvalue weighted by Gasteiger charge is -2.31. The second-order valence-corrected chi connectivity index (χ2v) is 7.08. The number of hydrogen-bond donors (Lipinski definition) is 3. The summed E-state index contributed by atoms with van der Waals surface area (Å²) in [5.41, 5.74) is 0.414.